The summed E-state index contributed by atoms with van der Waals surface area (Å²) in [7, 11) is 0. The lowest BCUT2D eigenvalue weighted by Gasteiger charge is -2.26. The van der Waals surface area contributed by atoms with Crippen LogP contribution in [-0.2, 0) is 16.0 Å². The van der Waals surface area contributed by atoms with Gasteiger partial charge in [0.15, 0.2) is 6.29 Å². The Kier molecular flexibility index (Phi) is 12.2. The highest BCUT2D eigenvalue weighted by Crippen LogP contribution is 2.09. The van der Waals surface area contributed by atoms with Gasteiger partial charge in [-0.25, -0.2) is 9.97 Å². The molecule has 2 aliphatic heterocycles. The fourth-order valence-electron chi connectivity index (χ4n) is 2.53. The summed E-state index contributed by atoms with van der Waals surface area (Å²) >= 11 is 6.51. The van der Waals surface area contributed by atoms with Crippen LogP contribution in [0.15, 0.2) is 45.6 Å². The monoisotopic (exact) mass is 528 g/mol. The van der Waals surface area contributed by atoms with Gasteiger partial charge in [0, 0.05) is 32.7 Å². The van der Waals surface area contributed by atoms with E-state index in [1.54, 1.807) is 18.2 Å². The minimum Gasteiger partial charge on any atom is -0.379 e. The molecular weight excluding hydrogens is 504 g/mol. The number of nitrogens with zero attached hydrogens (tertiary/aromatic N) is 3. The highest BCUT2D eigenvalue weighted by molar-refractivity contribution is 9.10. The highest BCUT2D eigenvalue weighted by atomic mass is 79.9. The van der Waals surface area contributed by atoms with Crippen molar-refractivity contribution in [3.63, 3.8) is 0 Å². The number of carbonyl (C=O) groups is 1. The molecule has 0 atom stereocenters. The molecule has 158 valence electrons. The van der Waals surface area contributed by atoms with Gasteiger partial charge in [-0.05, 0) is 56.1 Å². The molecule has 0 spiro atoms. The van der Waals surface area contributed by atoms with E-state index in [-0.39, 0.29) is 0 Å². The van der Waals surface area contributed by atoms with E-state index < -0.39 is 0 Å². The predicted octanol–water partition coefficient (Wildman–Crippen LogP) is 2.94. The number of aromatic nitrogens is 2. The highest BCUT2D eigenvalue weighted by Gasteiger charge is 2.10. The van der Waals surface area contributed by atoms with Gasteiger partial charge in [0.25, 0.3) is 0 Å². The number of nitrogens with one attached hydrogen (secondary N) is 1. The average molecular weight is 530 g/mol. The number of hydrogen-bond acceptors (Lipinski definition) is 7. The summed E-state index contributed by atoms with van der Waals surface area (Å²) in [6.45, 7) is 8.45. The molecule has 0 aromatic carbocycles. The Hall–Kier alpha value is -1.23. The zero-order chi connectivity index (χ0) is 20.7. The number of hydrogen-bond donors (Lipinski definition) is 1. The van der Waals surface area contributed by atoms with E-state index in [0.29, 0.717) is 16.6 Å². The second kappa shape index (κ2) is 14.7. The van der Waals surface area contributed by atoms with Gasteiger partial charge in [-0.3, -0.25) is 9.69 Å². The van der Waals surface area contributed by atoms with Crippen molar-refractivity contribution in [1.82, 2.24) is 20.2 Å². The molecule has 2 fully saturated rings. The predicted molar refractivity (Wildman–Crippen MR) is 119 cm³/mol. The van der Waals surface area contributed by atoms with Crippen LogP contribution in [0, 0.1) is 0 Å². The third kappa shape index (κ3) is 10.9. The molecule has 4 heterocycles. The van der Waals surface area contributed by atoms with Gasteiger partial charge in [0.1, 0.15) is 14.9 Å². The van der Waals surface area contributed by atoms with Crippen molar-refractivity contribution in [2.75, 3.05) is 52.6 Å². The third-order valence-corrected chi connectivity index (χ3v) is 4.85. The maximum atomic E-state index is 10.1. The summed E-state index contributed by atoms with van der Waals surface area (Å²) in [5, 5.41) is 3.16. The molecular formula is C20H26Br2N4O3. The number of carbonyl (C=O) groups excluding carboxylic acids is 1. The van der Waals surface area contributed by atoms with E-state index in [9.17, 15) is 4.79 Å². The number of aldehydes is 1. The molecule has 0 bridgehead atoms. The summed E-state index contributed by atoms with van der Waals surface area (Å²) < 4.78 is 11.9. The minimum absolute atomic E-state index is 0.448. The van der Waals surface area contributed by atoms with Gasteiger partial charge in [-0.15, -0.1) is 0 Å². The van der Waals surface area contributed by atoms with Crippen molar-refractivity contribution in [3.8, 4) is 0 Å². The van der Waals surface area contributed by atoms with Gasteiger partial charge >= 0.3 is 0 Å². The standard InChI is InChI=1S/C10H13BrN2O.C6H4BrNO.C4H9NO/c11-10-3-1-2-9(12-10)8-13-4-6-14-7-5-13;7-6-3-1-2-5(4-9)8-6;1-3-6-4-2-5-1/h1-3H,4-8H2;1-4H;5H,1-4H2. The van der Waals surface area contributed by atoms with E-state index in [4.69, 9.17) is 9.47 Å². The fourth-order valence-corrected chi connectivity index (χ4v) is 3.27. The van der Waals surface area contributed by atoms with E-state index in [2.05, 4.69) is 58.1 Å². The van der Waals surface area contributed by atoms with Crippen molar-refractivity contribution >= 4 is 38.1 Å². The normalized spacial score (nSPS) is 16.6. The average Bonchev–Trinajstić information content (AvgIpc) is 2.77. The van der Waals surface area contributed by atoms with E-state index in [1.165, 1.54) is 0 Å². The number of pyridine rings is 2. The van der Waals surface area contributed by atoms with Gasteiger partial charge in [-0.2, -0.15) is 0 Å². The quantitative estimate of drug-likeness (QED) is 0.484. The Bertz CT molecular complexity index is 715. The molecule has 7 nitrogen and oxygen atoms in total. The minimum atomic E-state index is 0.448. The number of halogens is 2. The van der Waals surface area contributed by atoms with Gasteiger partial charge in [0.05, 0.1) is 32.1 Å². The van der Waals surface area contributed by atoms with Crippen LogP contribution in [0.25, 0.3) is 0 Å². The fraction of sp³-hybridized carbons (Fsp3) is 0.450. The molecule has 0 radical (unpaired) electrons. The van der Waals surface area contributed by atoms with Crippen molar-refractivity contribution in [3.05, 3.63) is 57.0 Å². The molecule has 0 aliphatic carbocycles. The van der Waals surface area contributed by atoms with Gasteiger partial charge in [-0.1, -0.05) is 12.1 Å². The Balaban J connectivity index is 0.000000171. The molecule has 29 heavy (non-hydrogen) atoms. The number of ether oxygens (including phenoxy) is 2. The van der Waals surface area contributed by atoms with Crippen LogP contribution in [0.3, 0.4) is 0 Å². The third-order valence-electron chi connectivity index (χ3n) is 3.97. The zero-order valence-corrected chi connectivity index (χ0v) is 19.4. The second-order valence-electron chi connectivity index (χ2n) is 6.21. The van der Waals surface area contributed by atoms with Gasteiger partial charge in [0.2, 0.25) is 0 Å². The molecule has 0 unspecified atom stereocenters. The van der Waals surface area contributed by atoms with Crippen LogP contribution in [-0.4, -0.2) is 73.8 Å². The van der Waals surface area contributed by atoms with Crippen LogP contribution >= 0.6 is 31.9 Å². The van der Waals surface area contributed by atoms with Crippen molar-refractivity contribution < 1.29 is 14.3 Å². The molecule has 0 saturated carbocycles. The molecule has 9 heteroatoms. The molecule has 1 N–H and O–H groups in total. The van der Waals surface area contributed by atoms with E-state index in [0.717, 1.165) is 69.4 Å². The van der Waals surface area contributed by atoms with Crippen molar-refractivity contribution in [2.24, 2.45) is 0 Å². The smallest absolute Gasteiger partial charge is 0.168 e. The lowest BCUT2D eigenvalue weighted by Crippen LogP contribution is -2.35. The van der Waals surface area contributed by atoms with Crippen LogP contribution in [0.5, 0.6) is 0 Å². The summed E-state index contributed by atoms with van der Waals surface area (Å²) in [5.74, 6) is 0. The topological polar surface area (TPSA) is 76.6 Å². The summed E-state index contributed by atoms with van der Waals surface area (Å²) in [6, 6.07) is 11.2. The molecule has 4 rings (SSSR count). The maximum Gasteiger partial charge on any atom is 0.168 e. The zero-order valence-electron chi connectivity index (χ0n) is 16.2. The molecule has 0 amide bonds. The number of rotatable bonds is 3. The lowest BCUT2D eigenvalue weighted by molar-refractivity contribution is 0.0336. The first-order valence-electron chi connectivity index (χ1n) is 9.45. The summed E-state index contributed by atoms with van der Waals surface area (Å²) in [4.78, 5) is 20.7. The Labute approximate surface area is 188 Å². The van der Waals surface area contributed by atoms with Crippen LogP contribution in [0.2, 0.25) is 0 Å². The maximum absolute atomic E-state index is 10.1. The molecule has 2 aromatic rings. The van der Waals surface area contributed by atoms with Crippen molar-refractivity contribution in [2.45, 2.75) is 6.54 Å². The van der Waals surface area contributed by atoms with Crippen molar-refractivity contribution in [1.29, 1.82) is 0 Å². The first kappa shape index (κ1) is 24.0. The first-order valence-corrected chi connectivity index (χ1v) is 11.0. The molecule has 2 saturated heterocycles. The Morgan fingerprint density at radius 3 is 2.03 bits per heavy atom. The van der Waals surface area contributed by atoms with Gasteiger partial charge < -0.3 is 14.8 Å². The van der Waals surface area contributed by atoms with E-state index >= 15 is 0 Å². The molecule has 2 aliphatic rings. The van der Waals surface area contributed by atoms with E-state index in [1.807, 2.05) is 12.1 Å². The van der Waals surface area contributed by atoms with Crippen LogP contribution in [0.1, 0.15) is 16.2 Å². The molecule has 2 aromatic heterocycles. The SMILES string of the molecule is Brc1cccc(CN2CCOCC2)n1.C1COCCN1.O=Cc1cccc(Br)n1. The lowest BCUT2D eigenvalue weighted by atomic mass is 10.3. The first-order chi connectivity index (χ1) is 14.2. The van der Waals surface area contributed by atoms with Crippen LogP contribution < -0.4 is 5.32 Å². The summed E-state index contributed by atoms with van der Waals surface area (Å²) in [6.07, 6.45) is 0.713. The number of morpholine rings is 2. The summed E-state index contributed by atoms with van der Waals surface area (Å²) in [5.41, 5.74) is 1.56. The Morgan fingerprint density at radius 1 is 0.931 bits per heavy atom. The Morgan fingerprint density at radius 2 is 1.55 bits per heavy atom. The van der Waals surface area contributed by atoms with Crippen LogP contribution in [0.4, 0.5) is 0 Å². The second-order valence-corrected chi connectivity index (χ2v) is 7.83. The largest absolute Gasteiger partial charge is 0.379 e.